The van der Waals surface area contributed by atoms with Crippen molar-refractivity contribution in [3.05, 3.63) is 146 Å². The molecule has 4 atom stereocenters. The number of phenols is 1. The van der Waals surface area contributed by atoms with Gasteiger partial charge in [-0.25, -0.2) is 18.2 Å². The lowest BCUT2D eigenvalue weighted by Crippen LogP contribution is -2.48. The van der Waals surface area contributed by atoms with E-state index in [0.717, 1.165) is 6.07 Å². The average Bonchev–Trinajstić information content (AvgIpc) is 1.66. The van der Waals surface area contributed by atoms with Crippen molar-refractivity contribution in [1.82, 2.24) is 30.4 Å². The number of carbonyl (C=O) groups excluding carboxylic acids is 4. The van der Waals surface area contributed by atoms with E-state index in [0.29, 0.717) is 53.7 Å². The molecule has 5 N–H and O–H groups in total. The highest BCUT2D eigenvalue weighted by Gasteiger charge is 2.61. The number of aromatic nitrogens is 2. The predicted molar refractivity (Wildman–Crippen MR) is 338 cm³/mol. The van der Waals surface area contributed by atoms with Gasteiger partial charge in [0.15, 0.2) is 5.82 Å². The van der Waals surface area contributed by atoms with Crippen LogP contribution in [0, 0.1) is 34.2 Å². The number of piperazine rings is 1. The highest BCUT2D eigenvalue weighted by molar-refractivity contribution is 6.35. The number of benzene rings is 6. The van der Waals surface area contributed by atoms with Gasteiger partial charge in [0.25, 0.3) is 5.91 Å². The number of phenolic OH excluding ortho intramolecular Hbond substituents is 1. The third-order valence-corrected chi connectivity index (χ3v) is 16.8. The van der Waals surface area contributed by atoms with Crippen molar-refractivity contribution in [1.29, 1.82) is 5.26 Å². The molecule has 0 radical (unpaired) electrons. The van der Waals surface area contributed by atoms with E-state index in [1.54, 1.807) is 24.1 Å². The average molecular weight is 1280 g/mol. The summed E-state index contributed by atoms with van der Waals surface area (Å²) >= 11 is 19.4. The van der Waals surface area contributed by atoms with Crippen LogP contribution in [0.25, 0.3) is 32.8 Å². The van der Waals surface area contributed by atoms with Crippen LogP contribution in [0.2, 0.25) is 15.1 Å². The molecule has 4 amide bonds. The molecule has 2 saturated heterocycles. The number of nitrogens with one attached hydrogen (secondary N) is 4. The molecular formula is C65H68Cl3F3N10O8. The summed E-state index contributed by atoms with van der Waals surface area (Å²) in [5, 5.41) is 35.5. The van der Waals surface area contributed by atoms with Gasteiger partial charge in [0, 0.05) is 105 Å². The van der Waals surface area contributed by atoms with Crippen molar-refractivity contribution in [3.63, 3.8) is 0 Å². The number of carbonyl (C=O) groups is 4. The number of anilines is 3. The zero-order valence-electron chi connectivity index (χ0n) is 49.9. The first-order chi connectivity index (χ1) is 42.5. The molecule has 0 aliphatic carbocycles. The third kappa shape index (κ3) is 14.5. The lowest BCUT2D eigenvalue weighted by atomic mass is 9.62. The molecule has 6 aromatic carbocycles. The molecule has 1 aromatic heterocycles. The van der Waals surface area contributed by atoms with E-state index >= 15 is 13.2 Å². The fourth-order valence-corrected chi connectivity index (χ4v) is 12.3. The topological polar surface area (TPSA) is 224 Å². The van der Waals surface area contributed by atoms with Crippen molar-refractivity contribution in [3.8, 4) is 28.7 Å². The van der Waals surface area contributed by atoms with Gasteiger partial charge in [0.2, 0.25) is 23.7 Å². The first-order valence-electron chi connectivity index (χ1n) is 28.9. The number of hydrogen-bond acceptors (Lipinski definition) is 14. The lowest BCUT2D eigenvalue weighted by Gasteiger charge is -2.37. The number of hydrogen-bond donors (Lipinski definition) is 5. The van der Waals surface area contributed by atoms with E-state index in [-0.39, 0.29) is 137 Å². The number of likely N-dealkylation sites (N-methyl/N-ethyl adjacent to an activating group) is 1. The first kappa shape index (κ1) is 65.5. The number of amides is 4. The van der Waals surface area contributed by atoms with Crippen LogP contribution in [-0.4, -0.2) is 147 Å². The molecule has 0 spiro atoms. The van der Waals surface area contributed by atoms with Crippen LogP contribution in [0.5, 0.6) is 11.5 Å². The van der Waals surface area contributed by atoms with Crippen LogP contribution in [-0.2, 0) is 29.3 Å². The minimum Gasteiger partial charge on any atom is -0.508 e. The Morgan fingerprint density at radius 3 is 2.30 bits per heavy atom. The van der Waals surface area contributed by atoms with Crippen molar-refractivity contribution in [2.24, 2.45) is 5.41 Å². The second-order valence-electron chi connectivity index (χ2n) is 23.1. The lowest BCUT2D eigenvalue weighted by molar-refractivity contribution is -0.130. The number of rotatable bonds is 22. The number of nitriles is 1. The van der Waals surface area contributed by atoms with Crippen molar-refractivity contribution in [2.75, 3.05) is 102 Å². The Bertz CT molecular complexity index is 3860. The Morgan fingerprint density at radius 2 is 1.60 bits per heavy atom. The van der Waals surface area contributed by atoms with Gasteiger partial charge in [0.05, 0.1) is 61.4 Å². The van der Waals surface area contributed by atoms with E-state index in [4.69, 9.17) is 54.0 Å². The van der Waals surface area contributed by atoms with Crippen LogP contribution in [0.3, 0.4) is 0 Å². The minimum absolute atomic E-state index is 0.0133. The fraction of sp³-hybridized carbons (Fsp3) is 0.369. The van der Waals surface area contributed by atoms with Gasteiger partial charge in [-0.3, -0.25) is 19.2 Å². The molecule has 0 saturated carbocycles. The fourth-order valence-electron chi connectivity index (χ4n) is 11.6. The van der Waals surface area contributed by atoms with Crippen LogP contribution in [0.15, 0.2) is 97.1 Å². The zero-order valence-corrected chi connectivity index (χ0v) is 52.2. The summed E-state index contributed by atoms with van der Waals surface area (Å²) in [7, 11) is 3.01. The van der Waals surface area contributed by atoms with Crippen LogP contribution in [0.4, 0.5) is 30.6 Å². The maximum absolute atomic E-state index is 17.0. The Balaban J connectivity index is 0.752. The summed E-state index contributed by atoms with van der Waals surface area (Å²) in [6.07, 6.45) is 0.318. The molecule has 468 valence electrons. The van der Waals surface area contributed by atoms with Crippen molar-refractivity contribution >= 4 is 97.6 Å². The molecule has 2 aliphatic heterocycles. The van der Waals surface area contributed by atoms with Crippen LogP contribution in [0.1, 0.15) is 67.9 Å². The Hall–Kier alpha value is -7.97. The number of ether oxygens (including phenoxy) is 3. The van der Waals surface area contributed by atoms with Gasteiger partial charge in [0.1, 0.15) is 39.9 Å². The number of aromatic hydroxyl groups is 1. The van der Waals surface area contributed by atoms with Gasteiger partial charge in [-0.1, -0.05) is 98.0 Å². The molecule has 7 aromatic rings. The number of fused-ring (bicyclic) bond motifs is 2. The molecule has 0 bridgehead atoms. The summed E-state index contributed by atoms with van der Waals surface area (Å²) in [4.78, 5) is 67.9. The van der Waals surface area contributed by atoms with Crippen molar-refractivity contribution < 1.29 is 51.7 Å². The molecule has 2 aliphatic rings. The van der Waals surface area contributed by atoms with Crippen LogP contribution >= 0.6 is 34.8 Å². The van der Waals surface area contributed by atoms with E-state index in [2.05, 4.69) is 32.3 Å². The highest BCUT2D eigenvalue weighted by atomic mass is 35.5. The smallest absolute Gasteiger partial charge is 0.251 e. The SMILES string of the molecule is COc1cc(C(=O)NCCOCCOCCN(C)C(=O)CCNc2nc(N3CCN(C(C)=O)CC3)c3cc(Cl)c(-c4cc(O)cc5ccccc45)c(F)c3n2)ccc1NC(=O)[C@@H]1N[C@@H](CC(C)(C)C)[C@](C#N)(c2ccc(Cl)cc2F)[C@H]1c1cccc(Cl)c1F. The monoisotopic (exact) mass is 1280 g/mol. The normalized spacial score (nSPS) is 17.6. The van der Waals surface area contributed by atoms with E-state index in [1.807, 2.05) is 49.9 Å². The number of halogens is 6. The van der Waals surface area contributed by atoms with E-state index in [1.165, 1.54) is 73.5 Å². The second-order valence-corrected chi connectivity index (χ2v) is 24.3. The van der Waals surface area contributed by atoms with Gasteiger partial charge in [-0.2, -0.15) is 10.2 Å². The summed E-state index contributed by atoms with van der Waals surface area (Å²) in [5.41, 5.74) is -1.62. The Morgan fingerprint density at radius 1 is 0.854 bits per heavy atom. The summed E-state index contributed by atoms with van der Waals surface area (Å²) < 4.78 is 66.4. The van der Waals surface area contributed by atoms with Gasteiger partial charge in [-0.15, -0.1) is 0 Å². The Kier molecular flexibility index (Phi) is 20.8. The molecular weight excluding hydrogens is 1210 g/mol. The predicted octanol–water partition coefficient (Wildman–Crippen LogP) is 10.9. The molecule has 24 heteroatoms. The quantitative estimate of drug-likeness (QED) is 0.0398. The molecule has 9 rings (SSSR count). The molecule has 89 heavy (non-hydrogen) atoms. The third-order valence-electron chi connectivity index (χ3n) is 16.0. The van der Waals surface area contributed by atoms with Gasteiger partial charge >= 0.3 is 0 Å². The second kappa shape index (κ2) is 28.2. The van der Waals surface area contributed by atoms with Gasteiger partial charge in [-0.05, 0) is 88.3 Å². The Labute approximate surface area is 528 Å². The summed E-state index contributed by atoms with van der Waals surface area (Å²) in [6, 6.07) is 24.7. The summed E-state index contributed by atoms with van der Waals surface area (Å²) in [6.45, 7) is 10.3. The summed E-state index contributed by atoms with van der Waals surface area (Å²) in [5.74, 6) is -4.52. The standard InChI is InChI=1S/C65H68Cl3F3N10O8/c1-37(82)80-21-23-81(24-22-80)60-45-34-48(68)54(44-33-41(83)30-38-10-7-8-11-42(38)44)57(71)58(45)77-63(78-60)74-19-18-53(84)79(5)25-27-89-29-28-88-26-20-73-61(85)39-14-17-50(51(31-39)87-6)75-62(86)59-55(43-12-9-13-47(67)56(43)70)65(36-72,52(76-59)35-64(2,3)4)46-16-15-40(66)32-49(46)69/h7-17,30-34,52,55,59,76,83H,18-29,35H2,1-6H3,(H,73,85)(H,75,86)(H,74,77,78)/t52-,55-,59+,65-/m0/s1. The highest BCUT2D eigenvalue weighted by Crippen LogP contribution is 2.53. The molecule has 0 unspecified atom stereocenters. The zero-order chi connectivity index (χ0) is 63.9. The maximum atomic E-state index is 17.0. The molecule has 2 fully saturated rings. The van der Waals surface area contributed by atoms with E-state index < -0.39 is 58.1 Å². The largest absolute Gasteiger partial charge is 0.508 e. The molecule has 3 heterocycles. The minimum atomic E-state index is -1.84. The number of methoxy groups -OCH3 is 1. The molecule has 18 nitrogen and oxygen atoms in total. The van der Waals surface area contributed by atoms with Gasteiger partial charge < -0.3 is 55.3 Å². The first-order valence-corrected chi connectivity index (χ1v) is 30.1. The van der Waals surface area contributed by atoms with E-state index in [9.17, 15) is 29.5 Å². The maximum Gasteiger partial charge on any atom is 0.251 e. The number of nitrogens with zero attached hydrogens (tertiary/aromatic N) is 6. The van der Waals surface area contributed by atoms with Crippen molar-refractivity contribution in [2.45, 2.75) is 64.0 Å². The van der Waals surface area contributed by atoms with Crippen LogP contribution < -0.4 is 30.9 Å².